The fraction of sp³-hybridized carbons (Fsp3) is 0.300. The highest BCUT2D eigenvalue weighted by atomic mass is 32.2. The number of rotatable bonds is 4. The van der Waals surface area contributed by atoms with E-state index in [4.69, 9.17) is 4.98 Å². The van der Waals surface area contributed by atoms with E-state index in [0.717, 1.165) is 21.9 Å². The Morgan fingerprint density at radius 3 is 2.40 bits per heavy atom. The van der Waals surface area contributed by atoms with Crippen LogP contribution in [0.2, 0.25) is 0 Å². The lowest BCUT2D eigenvalue weighted by molar-refractivity contribution is -0.121. The maximum atomic E-state index is 12.5. The van der Waals surface area contributed by atoms with Crippen molar-refractivity contribution in [2.75, 3.05) is 0 Å². The van der Waals surface area contributed by atoms with Crippen molar-refractivity contribution in [3.8, 4) is 5.69 Å². The van der Waals surface area contributed by atoms with Gasteiger partial charge in [-0.3, -0.25) is 9.36 Å². The van der Waals surface area contributed by atoms with Crippen LogP contribution in [0.1, 0.15) is 27.7 Å². The van der Waals surface area contributed by atoms with Crippen LogP contribution >= 0.6 is 11.8 Å². The summed E-state index contributed by atoms with van der Waals surface area (Å²) >= 11 is 1.48. The first-order chi connectivity index (χ1) is 11.8. The molecule has 0 radical (unpaired) electrons. The van der Waals surface area contributed by atoms with Crippen LogP contribution in [0.25, 0.3) is 16.7 Å². The van der Waals surface area contributed by atoms with Gasteiger partial charge in [-0.2, -0.15) is 0 Å². The van der Waals surface area contributed by atoms with E-state index in [1.165, 1.54) is 11.8 Å². The Hall–Kier alpha value is -2.27. The molecule has 0 spiro atoms. The van der Waals surface area contributed by atoms with Crippen molar-refractivity contribution >= 4 is 28.7 Å². The van der Waals surface area contributed by atoms with E-state index in [-0.39, 0.29) is 16.7 Å². The second-order valence-electron chi connectivity index (χ2n) is 7.05. The van der Waals surface area contributed by atoms with E-state index in [9.17, 15) is 4.79 Å². The fourth-order valence-corrected chi connectivity index (χ4v) is 3.53. The van der Waals surface area contributed by atoms with Gasteiger partial charge in [0.25, 0.3) is 0 Å². The molecule has 1 N–H and O–H groups in total. The number of nitrogens with zero attached hydrogens (tertiary/aromatic N) is 2. The Balaban J connectivity index is 1.98. The number of amides is 1. The van der Waals surface area contributed by atoms with E-state index in [0.29, 0.717) is 0 Å². The largest absolute Gasteiger partial charge is 0.351 e. The molecule has 3 rings (SSSR count). The number of imidazole rings is 1. The highest BCUT2D eigenvalue weighted by Gasteiger charge is 2.23. The Morgan fingerprint density at radius 1 is 1.08 bits per heavy atom. The van der Waals surface area contributed by atoms with Crippen molar-refractivity contribution in [2.24, 2.45) is 0 Å². The van der Waals surface area contributed by atoms with Crippen LogP contribution in [0.5, 0.6) is 0 Å². The Labute approximate surface area is 152 Å². The molecule has 0 aliphatic heterocycles. The highest BCUT2D eigenvalue weighted by molar-refractivity contribution is 8.00. The molecular weight excluding hydrogens is 330 g/mol. The zero-order valence-electron chi connectivity index (χ0n) is 15.0. The molecule has 1 unspecified atom stereocenters. The molecule has 2 aromatic carbocycles. The number of para-hydroxylation sites is 3. The first-order valence-corrected chi connectivity index (χ1v) is 9.25. The van der Waals surface area contributed by atoms with E-state index in [2.05, 4.69) is 28.1 Å². The fourth-order valence-electron chi connectivity index (χ4n) is 2.59. The summed E-state index contributed by atoms with van der Waals surface area (Å²) in [7, 11) is 0. The highest BCUT2D eigenvalue weighted by Crippen LogP contribution is 2.30. The van der Waals surface area contributed by atoms with E-state index < -0.39 is 0 Å². The van der Waals surface area contributed by atoms with Gasteiger partial charge in [-0.15, -0.1) is 0 Å². The number of hydrogen-bond donors (Lipinski definition) is 1. The first-order valence-electron chi connectivity index (χ1n) is 8.37. The normalized spacial score (nSPS) is 13.0. The summed E-state index contributed by atoms with van der Waals surface area (Å²) in [6, 6.07) is 18.2. The minimum Gasteiger partial charge on any atom is -0.351 e. The molecule has 1 heterocycles. The van der Waals surface area contributed by atoms with Gasteiger partial charge in [0.05, 0.1) is 16.3 Å². The van der Waals surface area contributed by atoms with Gasteiger partial charge in [0, 0.05) is 11.2 Å². The molecule has 0 saturated heterocycles. The standard InChI is InChI=1S/C20H23N3OS/c1-14(18(24)22-20(2,3)4)25-19-21-16-12-8-9-13-17(16)23(19)15-10-6-5-7-11-15/h5-14H,1-4H3,(H,22,24). The second kappa shape index (κ2) is 6.92. The van der Waals surface area contributed by atoms with Crippen LogP contribution in [0, 0.1) is 0 Å². The van der Waals surface area contributed by atoms with E-state index in [1.54, 1.807) is 0 Å². The molecule has 0 aliphatic rings. The third kappa shape index (κ3) is 4.04. The maximum absolute atomic E-state index is 12.5. The lowest BCUT2D eigenvalue weighted by Gasteiger charge is -2.23. The van der Waals surface area contributed by atoms with Crippen LogP contribution in [0.15, 0.2) is 59.8 Å². The molecule has 0 fully saturated rings. The van der Waals surface area contributed by atoms with E-state index in [1.807, 2.05) is 64.1 Å². The van der Waals surface area contributed by atoms with Gasteiger partial charge in [-0.05, 0) is 52.0 Å². The van der Waals surface area contributed by atoms with Crippen LogP contribution in [0.4, 0.5) is 0 Å². The van der Waals surface area contributed by atoms with Crippen molar-refractivity contribution in [1.29, 1.82) is 0 Å². The summed E-state index contributed by atoms with van der Waals surface area (Å²) in [6.07, 6.45) is 0. The van der Waals surface area contributed by atoms with Gasteiger partial charge in [0.1, 0.15) is 0 Å². The summed E-state index contributed by atoms with van der Waals surface area (Å²) in [5.74, 6) is 0.0177. The van der Waals surface area contributed by atoms with Gasteiger partial charge in [-0.1, -0.05) is 42.1 Å². The third-order valence-corrected chi connectivity index (χ3v) is 4.75. The van der Waals surface area contributed by atoms with E-state index >= 15 is 0 Å². The molecule has 1 atom stereocenters. The van der Waals surface area contributed by atoms with Gasteiger partial charge < -0.3 is 5.32 Å². The minimum atomic E-state index is -0.245. The summed E-state index contributed by atoms with van der Waals surface area (Å²) < 4.78 is 2.11. The Morgan fingerprint density at radius 2 is 1.72 bits per heavy atom. The lowest BCUT2D eigenvalue weighted by atomic mass is 10.1. The van der Waals surface area contributed by atoms with Crippen molar-refractivity contribution in [2.45, 2.75) is 43.6 Å². The van der Waals surface area contributed by atoms with Gasteiger partial charge >= 0.3 is 0 Å². The predicted molar refractivity (Wildman–Crippen MR) is 104 cm³/mol. The number of benzene rings is 2. The molecule has 0 bridgehead atoms. The number of aromatic nitrogens is 2. The molecule has 0 saturated carbocycles. The zero-order valence-corrected chi connectivity index (χ0v) is 15.8. The smallest absolute Gasteiger partial charge is 0.233 e. The molecule has 1 amide bonds. The van der Waals surface area contributed by atoms with Crippen LogP contribution in [0.3, 0.4) is 0 Å². The van der Waals surface area contributed by atoms with Crippen molar-refractivity contribution < 1.29 is 4.79 Å². The number of thioether (sulfide) groups is 1. The van der Waals surface area contributed by atoms with Gasteiger partial charge in [0.2, 0.25) is 5.91 Å². The third-order valence-electron chi connectivity index (χ3n) is 3.69. The summed E-state index contributed by atoms with van der Waals surface area (Å²) in [6.45, 7) is 7.88. The number of carbonyl (C=O) groups excluding carboxylic acids is 1. The molecule has 0 aliphatic carbocycles. The number of nitrogens with one attached hydrogen (secondary N) is 1. The molecular formula is C20H23N3OS. The first kappa shape index (κ1) is 17.5. The van der Waals surface area contributed by atoms with Crippen LogP contribution in [-0.2, 0) is 4.79 Å². The quantitative estimate of drug-likeness (QED) is 0.706. The molecule has 1 aromatic heterocycles. The monoisotopic (exact) mass is 353 g/mol. The Bertz CT molecular complexity index is 881. The lowest BCUT2D eigenvalue weighted by Crippen LogP contribution is -2.44. The number of fused-ring (bicyclic) bond motifs is 1. The average Bonchev–Trinajstić information content (AvgIpc) is 2.91. The maximum Gasteiger partial charge on any atom is 0.233 e. The SMILES string of the molecule is CC(Sc1nc2ccccc2n1-c1ccccc1)C(=O)NC(C)(C)C. The topological polar surface area (TPSA) is 46.9 Å². The summed E-state index contributed by atoms with van der Waals surface area (Å²) in [4.78, 5) is 17.2. The number of hydrogen-bond acceptors (Lipinski definition) is 3. The summed E-state index contributed by atoms with van der Waals surface area (Å²) in [5, 5.41) is 3.62. The van der Waals surface area contributed by atoms with Gasteiger partial charge in [0.15, 0.2) is 5.16 Å². The zero-order chi connectivity index (χ0) is 18.0. The molecule has 4 nitrogen and oxygen atoms in total. The predicted octanol–water partition coefficient (Wildman–Crippen LogP) is 4.42. The van der Waals surface area contributed by atoms with Crippen LogP contribution in [-0.4, -0.2) is 26.2 Å². The molecule has 25 heavy (non-hydrogen) atoms. The van der Waals surface area contributed by atoms with Crippen molar-refractivity contribution in [1.82, 2.24) is 14.9 Å². The Kier molecular flexibility index (Phi) is 4.86. The van der Waals surface area contributed by atoms with Crippen molar-refractivity contribution in [3.05, 3.63) is 54.6 Å². The van der Waals surface area contributed by atoms with Crippen molar-refractivity contribution in [3.63, 3.8) is 0 Å². The molecule has 5 heteroatoms. The average molecular weight is 353 g/mol. The molecule has 130 valence electrons. The molecule has 3 aromatic rings. The minimum absolute atomic E-state index is 0.0177. The number of carbonyl (C=O) groups is 1. The van der Waals surface area contributed by atoms with Gasteiger partial charge in [-0.25, -0.2) is 4.98 Å². The van der Waals surface area contributed by atoms with Crippen LogP contribution < -0.4 is 5.32 Å². The summed E-state index contributed by atoms with van der Waals surface area (Å²) in [5.41, 5.74) is 2.77. The second-order valence-corrected chi connectivity index (χ2v) is 8.36.